The maximum atomic E-state index is 11.8. The minimum Gasteiger partial charge on any atom is -1.00 e. The van der Waals surface area contributed by atoms with Gasteiger partial charge in [0.05, 0.1) is 5.30 Å². The average Bonchev–Trinajstić information content (AvgIpc) is 2.75. The van der Waals surface area contributed by atoms with Crippen LogP contribution in [-0.2, 0) is 17.5 Å². The highest BCUT2D eigenvalue weighted by atomic mass is 35.5. The summed E-state index contributed by atoms with van der Waals surface area (Å²) in [6.07, 6.45) is 6.18. The fourth-order valence-corrected chi connectivity index (χ4v) is 4.25. The Balaban J connectivity index is 0.00000181. The lowest BCUT2D eigenvalue weighted by molar-refractivity contribution is -0.688. The highest BCUT2D eigenvalue weighted by Gasteiger charge is 2.21. The van der Waals surface area contributed by atoms with Gasteiger partial charge >= 0.3 is 7.60 Å². The van der Waals surface area contributed by atoms with Crippen molar-refractivity contribution < 1.29 is 31.3 Å². The van der Waals surface area contributed by atoms with Crippen LogP contribution in [0.5, 0.6) is 0 Å². The molecule has 0 radical (unpaired) electrons. The van der Waals surface area contributed by atoms with E-state index in [1.54, 1.807) is 24.4 Å². The minimum absolute atomic E-state index is 0. The molecule has 2 heterocycles. The zero-order chi connectivity index (χ0) is 21.0. The molecule has 0 atom stereocenters. The molecule has 0 aliphatic rings. The predicted molar refractivity (Wildman–Crippen MR) is 124 cm³/mol. The van der Waals surface area contributed by atoms with E-state index in [-0.39, 0.29) is 30.1 Å². The quantitative estimate of drug-likeness (QED) is 0.312. The van der Waals surface area contributed by atoms with E-state index in [9.17, 15) is 14.4 Å². The van der Waals surface area contributed by atoms with E-state index in [0.29, 0.717) is 12.0 Å². The molecule has 2 aromatic carbocycles. The second kappa shape index (κ2) is 11.4. The van der Waals surface area contributed by atoms with Gasteiger partial charge in [-0.1, -0.05) is 48.5 Å². The van der Waals surface area contributed by atoms with Crippen molar-refractivity contribution in [1.82, 2.24) is 4.98 Å². The highest BCUT2D eigenvalue weighted by Crippen LogP contribution is 2.35. The first-order valence-corrected chi connectivity index (χ1v) is 11.2. The number of hydrogen-bond acceptors (Lipinski definition) is 2. The molecule has 8 heteroatoms. The van der Waals surface area contributed by atoms with Crippen LogP contribution in [0.3, 0.4) is 0 Å². The van der Waals surface area contributed by atoms with Crippen LogP contribution in [-0.4, -0.2) is 14.8 Å². The van der Waals surface area contributed by atoms with Gasteiger partial charge in [-0.15, -0.1) is 12.4 Å². The maximum absolute atomic E-state index is 11.8. The van der Waals surface area contributed by atoms with E-state index >= 15 is 0 Å². The SMILES string of the molecule is Cl.O=P(O)(O)c1ccccc1Cc1cc(-c2cc[n+](Cc3ccccc3)cc2)ccn1.[Cl-]. The molecular weight excluding hydrogens is 466 g/mol. The second-order valence-corrected chi connectivity index (χ2v) is 8.70. The molecule has 0 amide bonds. The first-order chi connectivity index (χ1) is 14.5. The number of aromatic nitrogens is 2. The van der Waals surface area contributed by atoms with Gasteiger partial charge in [0.1, 0.15) is 0 Å². The molecule has 0 saturated carbocycles. The summed E-state index contributed by atoms with van der Waals surface area (Å²) >= 11 is 0. The van der Waals surface area contributed by atoms with Crippen molar-refractivity contribution in [1.29, 1.82) is 0 Å². The minimum atomic E-state index is -4.33. The third-order valence-electron chi connectivity index (χ3n) is 4.93. The Labute approximate surface area is 199 Å². The molecule has 0 aliphatic carbocycles. The summed E-state index contributed by atoms with van der Waals surface area (Å²) in [5, 5.41) is 0.0545. The Morgan fingerprint density at radius 2 is 1.50 bits per heavy atom. The van der Waals surface area contributed by atoms with Gasteiger partial charge < -0.3 is 22.2 Å². The van der Waals surface area contributed by atoms with Crippen LogP contribution in [0.1, 0.15) is 16.8 Å². The first kappa shape index (κ1) is 25.7. The van der Waals surface area contributed by atoms with Crippen LogP contribution in [0.15, 0.2) is 97.5 Å². The van der Waals surface area contributed by atoms with Gasteiger partial charge in [0.25, 0.3) is 0 Å². The topological polar surface area (TPSA) is 74.3 Å². The molecule has 5 nitrogen and oxygen atoms in total. The van der Waals surface area contributed by atoms with Gasteiger partial charge in [0.2, 0.25) is 0 Å². The van der Waals surface area contributed by atoms with Crippen LogP contribution in [0.4, 0.5) is 0 Å². The van der Waals surface area contributed by atoms with Gasteiger partial charge in [-0.3, -0.25) is 9.55 Å². The molecule has 2 N–H and O–H groups in total. The second-order valence-electron chi connectivity index (χ2n) is 7.13. The van der Waals surface area contributed by atoms with Crippen LogP contribution >= 0.6 is 20.0 Å². The summed E-state index contributed by atoms with van der Waals surface area (Å²) in [6, 6.07) is 24.9. The molecule has 0 spiro atoms. The number of benzene rings is 2. The number of pyridine rings is 2. The summed E-state index contributed by atoms with van der Waals surface area (Å²) < 4.78 is 13.9. The van der Waals surface area contributed by atoms with E-state index in [0.717, 1.165) is 23.4 Å². The standard InChI is InChI=1S/C24H21N2O3P.2ClH/c27-30(28,29)24-9-5-4-8-22(24)17-23-16-21(10-13-25-23)20-11-14-26(15-12-20)18-19-6-2-1-3-7-19;;/h1-16H,17-18H2,(H-,27,28,29);2*1H. The van der Waals surface area contributed by atoms with Crippen LogP contribution < -0.4 is 22.3 Å². The Bertz CT molecular complexity index is 1200. The van der Waals surface area contributed by atoms with Gasteiger partial charge in [0.15, 0.2) is 18.9 Å². The van der Waals surface area contributed by atoms with Crippen molar-refractivity contribution in [3.05, 3.63) is 114 Å². The van der Waals surface area contributed by atoms with Crippen molar-refractivity contribution >= 4 is 25.3 Å². The number of rotatable bonds is 6. The molecule has 0 bridgehead atoms. The largest absolute Gasteiger partial charge is 1.00 e. The molecule has 0 fully saturated rings. The Morgan fingerprint density at radius 1 is 0.844 bits per heavy atom. The summed E-state index contributed by atoms with van der Waals surface area (Å²) in [5.74, 6) is 0. The zero-order valence-corrected chi connectivity index (χ0v) is 19.5. The molecule has 0 unspecified atom stereocenters. The van der Waals surface area contributed by atoms with Gasteiger partial charge in [-0.2, -0.15) is 0 Å². The van der Waals surface area contributed by atoms with Crippen molar-refractivity contribution in [3.63, 3.8) is 0 Å². The summed E-state index contributed by atoms with van der Waals surface area (Å²) in [4.78, 5) is 23.6. The third kappa shape index (κ3) is 6.49. The summed E-state index contributed by atoms with van der Waals surface area (Å²) in [6.45, 7) is 0.807. The molecule has 4 rings (SSSR count). The van der Waals surface area contributed by atoms with E-state index in [1.165, 1.54) is 11.6 Å². The smallest absolute Gasteiger partial charge is 0.356 e. The van der Waals surface area contributed by atoms with Gasteiger partial charge in [-0.25, -0.2) is 4.57 Å². The lowest BCUT2D eigenvalue weighted by Crippen LogP contribution is -3.00. The van der Waals surface area contributed by atoms with Gasteiger partial charge in [0, 0.05) is 36.0 Å². The van der Waals surface area contributed by atoms with Crippen LogP contribution in [0.25, 0.3) is 11.1 Å². The number of nitrogens with zero attached hydrogens (tertiary/aromatic N) is 2. The Morgan fingerprint density at radius 3 is 2.19 bits per heavy atom. The zero-order valence-electron chi connectivity index (χ0n) is 17.1. The lowest BCUT2D eigenvalue weighted by Gasteiger charge is -2.11. The lowest BCUT2D eigenvalue weighted by atomic mass is 10.0. The third-order valence-corrected chi connectivity index (χ3v) is 5.99. The molecular formula is C24H23Cl2N2O3P. The fraction of sp³-hybridized carbons (Fsp3) is 0.0833. The van der Waals surface area contributed by atoms with Crippen molar-refractivity contribution in [2.24, 2.45) is 0 Å². The highest BCUT2D eigenvalue weighted by molar-refractivity contribution is 7.60. The molecule has 2 aromatic heterocycles. The number of halogens is 2. The van der Waals surface area contributed by atoms with E-state index < -0.39 is 7.60 Å². The molecule has 32 heavy (non-hydrogen) atoms. The summed E-state index contributed by atoms with van der Waals surface area (Å²) in [5.41, 5.74) is 4.66. The van der Waals surface area contributed by atoms with Crippen LogP contribution in [0, 0.1) is 0 Å². The van der Waals surface area contributed by atoms with Crippen molar-refractivity contribution in [2.75, 3.05) is 0 Å². The maximum Gasteiger partial charge on any atom is 0.356 e. The van der Waals surface area contributed by atoms with E-state index in [1.807, 2.05) is 42.7 Å². The normalized spacial score (nSPS) is 10.7. The van der Waals surface area contributed by atoms with Crippen LogP contribution in [0.2, 0.25) is 0 Å². The molecule has 4 aromatic rings. The Kier molecular flexibility index (Phi) is 9.14. The van der Waals surface area contributed by atoms with Crippen molar-refractivity contribution in [3.8, 4) is 11.1 Å². The van der Waals surface area contributed by atoms with E-state index in [4.69, 9.17) is 0 Å². The van der Waals surface area contributed by atoms with Gasteiger partial charge in [-0.05, 0) is 34.9 Å². The predicted octanol–water partition coefficient (Wildman–Crippen LogP) is 0.904. The van der Waals surface area contributed by atoms with Crippen molar-refractivity contribution in [2.45, 2.75) is 13.0 Å². The number of hydrogen-bond donors (Lipinski definition) is 2. The monoisotopic (exact) mass is 488 g/mol. The van der Waals surface area contributed by atoms with E-state index in [2.05, 4.69) is 33.8 Å². The molecule has 166 valence electrons. The molecule has 0 saturated heterocycles. The first-order valence-electron chi connectivity index (χ1n) is 9.61. The summed E-state index contributed by atoms with van der Waals surface area (Å²) in [7, 11) is -4.33. The fourth-order valence-electron chi connectivity index (χ4n) is 3.44. The molecule has 0 aliphatic heterocycles. The Hall–Kier alpha value is -2.53. The average molecular weight is 489 g/mol.